The van der Waals surface area contributed by atoms with Gasteiger partial charge in [0.2, 0.25) is 0 Å². The number of alkyl halides is 16. The van der Waals surface area contributed by atoms with Crippen molar-refractivity contribution in [3.8, 4) is 5.75 Å². The highest BCUT2D eigenvalue weighted by molar-refractivity contribution is 9.10. The van der Waals surface area contributed by atoms with E-state index in [0.717, 1.165) is 18.2 Å². The van der Waals surface area contributed by atoms with Gasteiger partial charge in [-0.2, -0.15) is 61.5 Å². The van der Waals surface area contributed by atoms with E-state index in [1.54, 1.807) is 0 Å². The van der Waals surface area contributed by atoms with Crippen molar-refractivity contribution in [3.05, 3.63) is 28.7 Å². The van der Waals surface area contributed by atoms with E-state index in [-0.39, 0.29) is 4.47 Å². The third-order valence-corrected chi connectivity index (χ3v) is 4.44. The quantitative estimate of drug-likeness (QED) is 0.257. The van der Waals surface area contributed by atoms with E-state index in [4.69, 9.17) is 0 Å². The van der Waals surface area contributed by atoms with Crippen molar-refractivity contribution in [1.82, 2.24) is 0 Å². The second kappa shape index (κ2) is 8.55. The summed E-state index contributed by atoms with van der Waals surface area (Å²) in [6.45, 7) is -2.92. The normalized spacial score (nSPS) is 15.2. The van der Waals surface area contributed by atoms with Crippen LogP contribution in [0, 0.1) is 0 Å². The molecule has 0 aliphatic carbocycles. The third-order valence-electron chi connectivity index (χ3n) is 3.95. The van der Waals surface area contributed by atoms with Gasteiger partial charge in [0, 0.05) is 4.47 Å². The van der Waals surface area contributed by atoms with Crippen LogP contribution in [0.1, 0.15) is 0 Å². The van der Waals surface area contributed by atoms with Gasteiger partial charge in [-0.25, -0.2) is 8.78 Å². The van der Waals surface area contributed by atoms with Crippen molar-refractivity contribution >= 4 is 15.9 Å². The van der Waals surface area contributed by atoms with Gasteiger partial charge < -0.3 is 4.74 Å². The van der Waals surface area contributed by atoms with Crippen LogP contribution in [0.3, 0.4) is 0 Å². The molecule has 0 atom stereocenters. The smallest absolute Gasteiger partial charge is 0.385 e. The van der Waals surface area contributed by atoms with Crippen LogP contribution in [0.4, 0.5) is 70.2 Å². The minimum absolute atomic E-state index is 0.0359. The van der Waals surface area contributed by atoms with E-state index in [1.165, 1.54) is 6.07 Å². The Hall–Kier alpha value is -1.62. The van der Waals surface area contributed by atoms with Gasteiger partial charge in [0.1, 0.15) is 5.75 Å². The lowest BCUT2D eigenvalue weighted by Crippen LogP contribution is -2.74. The molecule has 192 valence electrons. The number of hydrogen-bond donors (Lipinski definition) is 0. The van der Waals surface area contributed by atoms with E-state index >= 15 is 0 Å². The lowest BCUT2D eigenvalue weighted by molar-refractivity contribution is -0.447. The predicted octanol–water partition coefficient (Wildman–Crippen LogP) is 7.54. The summed E-state index contributed by atoms with van der Waals surface area (Å²) in [7, 11) is 0. The van der Waals surface area contributed by atoms with Gasteiger partial charge in [-0.3, -0.25) is 0 Å². The molecule has 0 amide bonds. The highest BCUT2D eigenvalue weighted by Gasteiger charge is 2.93. The summed E-state index contributed by atoms with van der Waals surface area (Å²) in [5, 5.41) is 0. The molecule has 1 aromatic rings. The molecule has 0 N–H and O–H groups in total. The lowest BCUT2D eigenvalue weighted by Gasteiger charge is -2.42. The average molecular weight is 587 g/mol. The van der Waals surface area contributed by atoms with Crippen molar-refractivity contribution in [1.29, 1.82) is 0 Å². The minimum atomic E-state index is -8.41. The SMILES string of the molecule is FC(F)C(F)(F)C(F)(F)C(F)(F)C(F)(F)C(F)(F)C(F)(F)C(F)(F)COc1cccc(Br)c1. The van der Waals surface area contributed by atoms with Crippen molar-refractivity contribution < 1.29 is 75.0 Å². The number of halogens is 17. The van der Waals surface area contributed by atoms with Crippen LogP contribution < -0.4 is 4.74 Å². The molecule has 0 saturated carbocycles. The van der Waals surface area contributed by atoms with Gasteiger partial charge in [0.15, 0.2) is 6.61 Å². The molecule has 33 heavy (non-hydrogen) atoms. The first-order valence-corrected chi connectivity index (χ1v) is 8.52. The summed E-state index contributed by atoms with van der Waals surface area (Å²) in [6.07, 6.45) is -5.87. The Morgan fingerprint density at radius 2 is 1.09 bits per heavy atom. The molecule has 1 nitrogen and oxygen atoms in total. The largest absolute Gasteiger partial charge is 0.487 e. The first-order chi connectivity index (χ1) is 14.4. The molecule has 1 aromatic carbocycles. The Morgan fingerprint density at radius 3 is 1.52 bits per heavy atom. The summed E-state index contributed by atoms with van der Waals surface area (Å²) >= 11 is 2.74. The molecule has 0 saturated heterocycles. The van der Waals surface area contributed by atoms with Crippen LogP contribution in [0.25, 0.3) is 0 Å². The van der Waals surface area contributed by atoms with Gasteiger partial charge in [-0.1, -0.05) is 22.0 Å². The highest BCUT2D eigenvalue weighted by Crippen LogP contribution is 2.62. The van der Waals surface area contributed by atoms with E-state index < -0.39 is 60.2 Å². The van der Waals surface area contributed by atoms with Crippen molar-refractivity contribution in [2.45, 2.75) is 47.9 Å². The van der Waals surface area contributed by atoms with Gasteiger partial charge in [-0.15, -0.1) is 0 Å². The fourth-order valence-corrected chi connectivity index (χ4v) is 2.37. The number of rotatable bonds is 10. The minimum Gasteiger partial charge on any atom is -0.487 e. The summed E-state index contributed by atoms with van der Waals surface area (Å²) in [4.78, 5) is 0. The topological polar surface area (TPSA) is 9.23 Å². The molecular weight excluding hydrogens is 580 g/mol. The summed E-state index contributed by atoms with van der Waals surface area (Å²) in [5.41, 5.74) is 0. The predicted molar refractivity (Wildman–Crippen MR) is 80.3 cm³/mol. The number of hydrogen-bond acceptors (Lipinski definition) is 1. The van der Waals surface area contributed by atoms with Crippen LogP contribution in [0.15, 0.2) is 28.7 Å². The molecule has 0 aliphatic rings. The van der Waals surface area contributed by atoms with E-state index in [0.29, 0.717) is 0 Å². The molecule has 0 fully saturated rings. The molecule has 0 aliphatic heterocycles. The molecule has 0 unspecified atom stereocenters. The number of ether oxygens (including phenoxy) is 1. The van der Waals surface area contributed by atoms with Crippen LogP contribution in [0.5, 0.6) is 5.75 Å². The Morgan fingerprint density at radius 1 is 0.667 bits per heavy atom. The van der Waals surface area contributed by atoms with Gasteiger partial charge in [0.25, 0.3) is 0 Å². The van der Waals surface area contributed by atoms with Crippen LogP contribution >= 0.6 is 15.9 Å². The zero-order valence-corrected chi connectivity index (χ0v) is 16.5. The molecule has 0 spiro atoms. The lowest BCUT2D eigenvalue weighted by atomic mass is 9.89. The molecule has 0 heterocycles. The fraction of sp³-hybridized carbons (Fsp3) is 0.600. The molecular formula is C15H7BrF16O. The Balaban J connectivity index is 3.42. The third kappa shape index (κ3) is 4.42. The highest BCUT2D eigenvalue weighted by atomic mass is 79.9. The maximum absolute atomic E-state index is 13.7. The van der Waals surface area contributed by atoms with Gasteiger partial charge >= 0.3 is 47.9 Å². The maximum Gasteiger partial charge on any atom is 0.385 e. The second-order valence-corrected chi connectivity index (χ2v) is 7.16. The van der Waals surface area contributed by atoms with Crippen molar-refractivity contribution in [2.24, 2.45) is 0 Å². The summed E-state index contributed by atoms with van der Waals surface area (Å²) in [6, 6.07) is 3.75. The monoisotopic (exact) mass is 586 g/mol. The standard InChI is InChI=1S/C15H7BrF16O/c16-6-2-1-3-7(4-6)33-5-9(19,20)11(23,24)13(27,28)15(31,32)14(29,30)12(25,26)10(21,22)8(17)18/h1-4,8H,5H2. The van der Waals surface area contributed by atoms with Crippen LogP contribution in [0.2, 0.25) is 0 Å². The fourth-order valence-electron chi connectivity index (χ4n) is 1.99. The molecule has 0 radical (unpaired) electrons. The number of benzene rings is 1. The zero-order chi connectivity index (χ0) is 26.5. The van der Waals surface area contributed by atoms with E-state index in [2.05, 4.69) is 20.7 Å². The maximum atomic E-state index is 13.7. The van der Waals surface area contributed by atoms with Crippen molar-refractivity contribution in [2.75, 3.05) is 6.61 Å². The second-order valence-electron chi connectivity index (χ2n) is 6.25. The molecule has 1 rings (SSSR count). The van der Waals surface area contributed by atoms with Gasteiger partial charge in [-0.05, 0) is 18.2 Å². The molecule has 18 heteroatoms. The Kier molecular flexibility index (Phi) is 7.62. The Labute approximate surface area is 180 Å². The first kappa shape index (κ1) is 29.4. The van der Waals surface area contributed by atoms with Crippen LogP contribution in [-0.2, 0) is 0 Å². The average Bonchev–Trinajstić information content (AvgIpc) is 2.65. The molecule has 0 aromatic heterocycles. The summed E-state index contributed by atoms with van der Waals surface area (Å²) in [5.74, 6) is -55.5. The molecule has 0 bridgehead atoms. The Bertz CT molecular complexity index is 837. The van der Waals surface area contributed by atoms with Crippen LogP contribution in [-0.4, -0.2) is 54.5 Å². The first-order valence-electron chi connectivity index (χ1n) is 7.73. The van der Waals surface area contributed by atoms with Gasteiger partial charge in [0.05, 0.1) is 0 Å². The van der Waals surface area contributed by atoms with E-state index in [1.807, 2.05) is 0 Å². The van der Waals surface area contributed by atoms with E-state index in [9.17, 15) is 70.2 Å². The summed E-state index contributed by atoms with van der Waals surface area (Å²) < 4.78 is 215. The zero-order valence-electron chi connectivity index (χ0n) is 14.9. The van der Waals surface area contributed by atoms with Crippen molar-refractivity contribution in [3.63, 3.8) is 0 Å².